The smallest absolute Gasteiger partial charge is 0.262 e. The Balaban J connectivity index is 1.77. The van der Waals surface area contributed by atoms with E-state index >= 15 is 0 Å². The van der Waals surface area contributed by atoms with Gasteiger partial charge in [0.05, 0.1) is 5.69 Å². The molecule has 1 amide bonds. The number of aromatic hydroxyl groups is 1. The fourth-order valence-corrected chi connectivity index (χ4v) is 2.34. The molecule has 0 aliphatic carbocycles. The van der Waals surface area contributed by atoms with Gasteiger partial charge in [0, 0.05) is 22.8 Å². The highest BCUT2D eigenvalue weighted by Gasteiger charge is 2.16. The zero-order chi connectivity index (χ0) is 14.8. The Morgan fingerprint density at radius 3 is 3.00 bits per heavy atom. The van der Waals surface area contributed by atoms with E-state index in [9.17, 15) is 9.90 Å². The first-order valence-electron chi connectivity index (χ1n) is 6.40. The molecule has 5 nitrogen and oxygen atoms in total. The summed E-state index contributed by atoms with van der Waals surface area (Å²) in [5.74, 6) is 0.605. The molecule has 1 aliphatic heterocycles. The minimum absolute atomic E-state index is 0.0350. The van der Waals surface area contributed by atoms with Crippen LogP contribution in [0.4, 0.5) is 11.4 Å². The molecule has 0 unspecified atom stereocenters. The normalized spacial score (nSPS) is 13.1. The summed E-state index contributed by atoms with van der Waals surface area (Å²) in [4.78, 5) is 11.3. The molecule has 0 saturated heterocycles. The molecule has 0 fully saturated rings. The number of carbonyl (C=O) groups excluding carboxylic acids is 1. The molecule has 2 aromatic rings. The summed E-state index contributed by atoms with van der Waals surface area (Å²) in [5.41, 5.74) is 2.04. The molecular weight excluding hydrogens is 292 g/mol. The SMILES string of the molecule is O=C1COc2ccc(NCc3c(O)cccc3Cl)cc2N1. The zero-order valence-electron chi connectivity index (χ0n) is 11.0. The Bertz CT molecular complexity index is 683. The van der Waals surface area contributed by atoms with Crippen molar-refractivity contribution in [3.05, 3.63) is 47.0 Å². The van der Waals surface area contributed by atoms with E-state index in [1.165, 1.54) is 0 Å². The second-order valence-corrected chi connectivity index (χ2v) is 5.05. The van der Waals surface area contributed by atoms with Crippen LogP contribution in [0, 0.1) is 0 Å². The molecule has 0 saturated carbocycles. The van der Waals surface area contributed by atoms with Gasteiger partial charge in [0.1, 0.15) is 11.5 Å². The molecule has 0 aromatic heterocycles. The van der Waals surface area contributed by atoms with E-state index in [0.29, 0.717) is 28.6 Å². The number of fused-ring (bicyclic) bond motifs is 1. The van der Waals surface area contributed by atoms with Crippen molar-refractivity contribution in [2.24, 2.45) is 0 Å². The second kappa shape index (κ2) is 5.54. The van der Waals surface area contributed by atoms with Crippen LogP contribution in [-0.4, -0.2) is 17.6 Å². The first-order chi connectivity index (χ1) is 10.1. The highest BCUT2D eigenvalue weighted by Crippen LogP contribution is 2.31. The van der Waals surface area contributed by atoms with Gasteiger partial charge in [-0.1, -0.05) is 17.7 Å². The molecule has 1 heterocycles. The summed E-state index contributed by atoms with van der Waals surface area (Å²) < 4.78 is 5.29. The summed E-state index contributed by atoms with van der Waals surface area (Å²) in [6.07, 6.45) is 0. The zero-order valence-corrected chi connectivity index (χ0v) is 11.8. The predicted octanol–water partition coefficient (Wildman–Crippen LogP) is 2.99. The van der Waals surface area contributed by atoms with E-state index in [0.717, 1.165) is 5.69 Å². The van der Waals surface area contributed by atoms with Crippen LogP contribution in [0.5, 0.6) is 11.5 Å². The summed E-state index contributed by atoms with van der Waals surface area (Å²) in [6.45, 7) is 0.409. The molecule has 1 aliphatic rings. The Hall–Kier alpha value is -2.40. The first-order valence-corrected chi connectivity index (χ1v) is 6.78. The Morgan fingerprint density at radius 1 is 1.33 bits per heavy atom. The van der Waals surface area contributed by atoms with Crippen LogP contribution in [0.1, 0.15) is 5.56 Å². The van der Waals surface area contributed by atoms with Crippen LogP contribution in [0.15, 0.2) is 36.4 Å². The molecule has 6 heteroatoms. The first kappa shape index (κ1) is 13.6. The van der Waals surface area contributed by atoms with E-state index in [1.807, 2.05) is 6.07 Å². The minimum atomic E-state index is -0.177. The molecule has 21 heavy (non-hydrogen) atoms. The fourth-order valence-electron chi connectivity index (χ4n) is 2.11. The van der Waals surface area contributed by atoms with Gasteiger partial charge in [0.15, 0.2) is 6.61 Å². The summed E-state index contributed by atoms with van der Waals surface area (Å²) in [5, 5.41) is 16.2. The van der Waals surface area contributed by atoms with Crippen molar-refractivity contribution in [2.45, 2.75) is 6.54 Å². The highest BCUT2D eigenvalue weighted by molar-refractivity contribution is 6.31. The number of hydrogen-bond donors (Lipinski definition) is 3. The van der Waals surface area contributed by atoms with Crippen LogP contribution >= 0.6 is 11.6 Å². The van der Waals surface area contributed by atoms with Crippen LogP contribution in [0.2, 0.25) is 5.02 Å². The van der Waals surface area contributed by atoms with Gasteiger partial charge in [-0.05, 0) is 30.3 Å². The monoisotopic (exact) mass is 304 g/mol. The van der Waals surface area contributed by atoms with E-state index in [-0.39, 0.29) is 18.3 Å². The van der Waals surface area contributed by atoms with Gasteiger partial charge < -0.3 is 20.5 Å². The minimum Gasteiger partial charge on any atom is -0.508 e. The quantitative estimate of drug-likeness (QED) is 0.815. The van der Waals surface area contributed by atoms with Crippen LogP contribution in [0.3, 0.4) is 0 Å². The molecule has 3 rings (SSSR count). The number of carbonyl (C=O) groups is 1. The largest absolute Gasteiger partial charge is 0.508 e. The molecule has 0 spiro atoms. The maximum Gasteiger partial charge on any atom is 0.262 e. The number of benzene rings is 2. The maximum atomic E-state index is 11.3. The van der Waals surface area contributed by atoms with E-state index in [2.05, 4.69) is 10.6 Å². The number of amides is 1. The van der Waals surface area contributed by atoms with Crippen molar-refractivity contribution in [3.8, 4) is 11.5 Å². The van der Waals surface area contributed by atoms with Crippen molar-refractivity contribution in [3.63, 3.8) is 0 Å². The third-order valence-corrected chi connectivity index (χ3v) is 3.53. The predicted molar refractivity (Wildman–Crippen MR) is 81.0 cm³/mol. The lowest BCUT2D eigenvalue weighted by Gasteiger charge is -2.19. The third-order valence-electron chi connectivity index (χ3n) is 3.18. The van der Waals surface area contributed by atoms with Gasteiger partial charge in [0.2, 0.25) is 0 Å². The van der Waals surface area contributed by atoms with Gasteiger partial charge in [-0.15, -0.1) is 0 Å². The fraction of sp³-hybridized carbons (Fsp3) is 0.133. The maximum absolute atomic E-state index is 11.3. The van der Waals surface area contributed by atoms with Gasteiger partial charge in [-0.2, -0.15) is 0 Å². The number of rotatable bonds is 3. The van der Waals surface area contributed by atoms with Crippen LogP contribution < -0.4 is 15.4 Å². The van der Waals surface area contributed by atoms with Gasteiger partial charge in [-0.3, -0.25) is 4.79 Å². The number of phenols is 1. The lowest BCUT2D eigenvalue weighted by molar-refractivity contribution is -0.118. The molecule has 108 valence electrons. The Kier molecular flexibility index (Phi) is 3.58. The Morgan fingerprint density at radius 2 is 2.19 bits per heavy atom. The van der Waals surface area contributed by atoms with E-state index in [1.54, 1.807) is 30.3 Å². The highest BCUT2D eigenvalue weighted by atomic mass is 35.5. The van der Waals surface area contributed by atoms with Gasteiger partial charge in [0.25, 0.3) is 5.91 Å². The molecular formula is C15H13ClN2O3. The summed E-state index contributed by atoms with van der Waals surface area (Å²) >= 11 is 6.05. The molecule has 0 atom stereocenters. The average Bonchev–Trinajstić information content (AvgIpc) is 2.46. The lowest BCUT2D eigenvalue weighted by Crippen LogP contribution is -2.25. The number of halogens is 1. The van der Waals surface area contributed by atoms with Crippen LogP contribution in [-0.2, 0) is 11.3 Å². The molecule has 2 aromatic carbocycles. The van der Waals surface area contributed by atoms with E-state index in [4.69, 9.17) is 16.3 Å². The summed E-state index contributed by atoms with van der Waals surface area (Å²) in [7, 11) is 0. The number of anilines is 2. The molecule has 0 radical (unpaired) electrons. The molecule has 3 N–H and O–H groups in total. The average molecular weight is 305 g/mol. The van der Waals surface area contributed by atoms with Crippen molar-refractivity contribution in [1.82, 2.24) is 0 Å². The van der Waals surface area contributed by atoms with Crippen molar-refractivity contribution in [2.75, 3.05) is 17.2 Å². The standard InChI is InChI=1S/C15H13ClN2O3/c16-11-2-1-3-13(19)10(11)7-17-9-4-5-14-12(6-9)18-15(20)8-21-14/h1-6,17,19H,7-8H2,(H,18,20). The van der Waals surface area contributed by atoms with E-state index < -0.39 is 0 Å². The molecule has 0 bridgehead atoms. The number of hydrogen-bond acceptors (Lipinski definition) is 4. The van der Waals surface area contributed by atoms with Crippen LogP contribution in [0.25, 0.3) is 0 Å². The second-order valence-electron chi connectivity index (χ2n) is 4.64. The topological polar surface area (TPSA) is 70.6 Å². The van der Waals surface area contributed by atoms with Crippen molar-refractivity contribution < 1.29 is 14.6 Å². The number of ether oxygens (including phenoxy) is 1. The summed E-state index contributed by atoms with van der Waals surface area (Å²) in [6, 6.07) is 10.4. The van der Waals surface area contributed by atoms with Gasteiger partial charge >= 0.3 is 0 Å². The van der Waals surface area contributed by atoms with Crippen molar-refractivity contribution in [1.29, 1.82) is 0 Å². The Labute approximate surface area is 126 Å². The van der Waals surface area contributed by atoms with Gasteiger partial charge in [-0.25, -0.2) is 0 Å². The third kappa shape index (κ3) is 2.87. The number of phenolic OH excluding ortho intramolecular Hbond substituents is 1. The number of nitrogens with one attached hydrogen (secondary N) is 2. The van der Waals surface area contributed by atoms with Crippen molar-refractivity contribution >= 4 is 28.9 Å². The lowest BCUT2D eigenvalue weighted by atomic mass is 10.2.